The smallest absolute Gasteiger partial charge is 0.274 e. The van der Waals surface area contributed by atoms with Crippen LogP contribution in [0.3, 0.4) is 0 Å². The van der Waals surface area contributed by atoms with Crippen molar-refractivity contribution in [3.63, 3.8) is 0 Å². The quantitative estimate of drug-likeness (QED) is 0.490. The number of carbonyl (C=O) groups excluding carboxylic acids is 4. The van der Waals surface area contributed by atoms with Gasteiger partial charge in [0.15, 0.2) is 0 Å². The van der Waals surface area contributed by atoms with Gasteiger partial charge in [-0.15, -0.1) is 0 Å². The Morgan fingerprint density at radius 3 is 2.55 bits per heavy atom. The molecule has 8 nitrogen and oxygen atoms in total. The average molecular weight is 416 g/mol. The van der Waals surface area contributed by atoms with Crippen LogP contribution in [0.2, 0.25) is 0 Å². The summed E-state index contributed by atoms with van der Waals surface area (Å²) in [4.78, 5) is 54.5. The number of aromatic nitrogens is 1. The topological polar surface area (TPSA) is 108 Å². The first-order chi connectivity index (χ1) is 14.9. The second kappa shape index (κ2) is 8.35. The molecule has 2 aromatic carbocycles. The highest BCUT2D eigenvalue weighted by atomic mass is 16.2. The van der Waals surface area contributed by atoms with Gasteiger partial charge in [-0.3, -0.25) is 34.9 Å². The monoisotopic (exact) mass is 416 g/mol. The predicted octanol–water partition coefficient (Wildman–Crippen LogP) is 2.38. The molecule has 4 amide bonds. The molecule has 0 bridgehead atoms. The number of hydrogen-bond donors (Lipinski definition) is 2. The second-order valence-corrected chi connectivity index (χ2v) is 7.31. The average Bonchev–Trinajstić information content (AvgIpc) is 3.01. The summed E-state index contributed by atoms with van der Waals surface area (Å²) in [6.07, 6.45) is 0.318. The molecule has 156 valence electrons. The highest BCUT2D eigenvalue weighted by Gasteiger charge is 2.34. The fourth-order valence-corrected chi connectivity index (χ4v) is 3.45. The molecule has 0 spiro atoms. The van der Waals surface area contributed by atoms with Crippen LogP contribution in [0.5, 0.6) is 0 Å². The van der Waals surface area contributed by atoms with Crippen molar-refractivity contribution in [3.05, 3.63) is 77.0 Å². The summed E-state index contributed by atoms with van der Waals surface area (Å²) in [5.41, 5.74) is 7.20. The van der Waals surface area contributed by atoms with Crippen molar-refractivity contribution >= 4 is 34.5 Å². The number of para-hydroxylation sites is 1. The van der Waals surface area contributed by atoms with E-state index in [9.17, 15) is 19.2 Å². The highest BCUT2D eigenvalue weighted by Crippen LogP contribution is 2.24. The number of rotatable bonds is 5. The summed E-state index contributed by atoms with van der Waals surface area (Å²) >= 11 is 0. The van der Waals surface area contributed by atoms with Gasteiger partial charge in [0.05, 0.1) is 16.6 Å². The molecule has 0 radical (unpaired) electrons. The molecule has 4 rings (SSSR count). The van der Waals surface area contributed by atoms with Gasteiger partial charge in [-0.05, 0) is 37.6 Å². The number of hydrogen-bond acceptors (Lipinski definition) is 5. The molecule has 3 aromatic rings. The van der Waals surface area contributed by atoms with Crippen LogP contribution < -0.4 is 10.9 Å². The van der Waals surface area contributed by atoms with E-state index >= 15 is 0 Å². The van der Waals surface area contributed by atoms with Gasteiger partial charge in [0.25, 0.3) is 17.7 Å². The number of aryl methyl sites for hydroxylation is 1. The van der Waals surface area contributed by atoms with Crippen molar-refractivity contribution in [2.45, 2.75) is 19.8 Å². The van der Waals surface area contributed by atoms with E-state index < -0.39 is 11.8 Å². The molecule has 0 aliphatic carbocycles. The first-order valence-electron chi connectivity index (χ1n) is 9.86. The minimum Gasteiger partial charge on any atom is -0.274 e. The van der Waals surface area contributed by atoms with Gasteiger partial charge in [0.1, 0.15) is 5.69 Å². The highest BCUT2D eigenvalue weighted by molar-refractivity contribution is 6.21. The number of hydrazine groups is 1. The van der Waals surface area contributed by atoms with E-state index in [4.69, 9.17) is 0 Å². The Kier molecular flexibility index (Phi) is 5.44. The summed E-state index contributed by atoms with van der Waals surface area (Å²) in [6, 6.07) is 15.9. The number of benzene rings is 2. The second-order valence-electron chi connectivity index (χ2n) is 7.31. The fraction of sp³-hybridized carbons (Fsp3) is 0.174. The molecule has 0 saturated heterocycles. The van der Waals surface area contributed by atoms with Gasteiger partial charge in [-0.1, -0.05) is 35.9 Å². The van der Waals surface area contributed by atoms with Crippen molar-refractivity contribution in [2.75, 3.05) is 6.54 Å². The minimum absolute atomic E-state index is 0.0395. The Hall–Kier alpha value is -4.07. The Morgan fingerprint density at radius 2 is 1.71 bits per heavy atom. The maximum Gasteiger partial charge on any atom is 0.288 e. The third-order valence-electron chi connectivity index (χ3n) is 5.06. The van der Waals surface area contributed by atoms with E-state index in [1.807, 2.05) is 25.1 Å². The molecule has 0 fully saturated rings. The summed E-state index contributed by atoms with van der Waals surface area (Å²) < 4.78 is 0. The van der Waals surface area contributed by atoms with Gasteiger partial charge in [-0.25, -0.2) is 4.98 Å². The number of nitrogens with one attached hydrogen (secondary N) is 2. The molecule has 0 saturated carbocycles. The molecular weight excluding hydrogens is 396 g/mol. The van der Waals surface area contributed by atoms with Gasteiger partial charge in [0, 0.05) is 18.4 Å². The third-order valence-corrected chi connectivity index (χ3v) is 5.06. The zero-order valence-corrected chi connectivity index (χ0v) is 16.8. The van der Waals surface area contributed by atoms with E-state index in [-0.39, 0.29) is 36.9 Å². The minimum atomic E-state index is -0.533. The lowest BCUT2D eigenvalue weighted by molar-refractivity contribution is -0.122. The number of carbonyl (C=O) groups is 4. The summed E-state index contributed by atoms with van der Waals surface area (Å²) in [5.74, 6) is -1.66. The first-order valence-corrected chi connectivity index (χ1v) is 9.86. The van der Waals surface area contributed by atoms with Crippen LogP contribution in [0, 0.1) is 6.92 Å². The molecular formula is C23H20N4O4. The molecule has 0 unspecified atom stereocenters. The molecule has 0 atom stereocenters. The van der Waals surface area contributed by atoms with Crippen LogP contribution in [0.1, 0.15) is 49.6 Å². The maximum absolute atomic E-state index is 12.4. The van der Waals surface area contributed by atoms with Crippen LogP contribution in [-0.4, -0.2) is 40.1 Å². The van der Waals surface area contributed by atoms with E-state index in [0.29, 0.717) is 16.6 Å². The zero-order valence-electron chi connectivity index (χ0n) is 16.8. The van der Waals surface area contributed by atoms with Gasteiger partial charge in [-0.2, -0.15) is 0 Å². The molecule has 2 N–H and O–H groups in total. The van der Waals surface area contributed by atoms with Crippen LogP contribution in [-0.2, 0) is 4.79 Å². The van der Waals surface area contributed by atoms with Crippen molar-refractivity contribution in [2.24, 2.45) is 0 Å². The third kappa shape index (κ3) is 4.13. The molecule has 1 aliphatic heterocycles. The lowest BCUT2D eigenvalue weighted by Crippen LogP contribution is -2.42. The van der Waals surface area contributed by atoms with Gasteiger partial charge < -0.3 is 0 Å². The van der Waals surface area contributed by atoms with E-state index in [2.05, 4.69) is 15.8 Å². The number of nitrogens with zero attached hydrogens (tertiary/aromatic N) is 2. The summed E-state index contributed by atoms with van der Waals surface area (Å²) in [6.45, 7) is 1.98. The molecule has 31 heavy (non-hydrogen) atoms. The summed E-state index contributed by atoms with van der Waals surface area (Å²) in [7, 11) is 0. The van der Waals surface area contributed by atoms with Crippen LogP contribution in [0.15, 0.2) is 54.6 Å². The summed E-state index contributed by atoms with van der Waals surface area (Å²) in [5, 5.41) is 0.909. The SMILES string of the molecule is Cc1ccc2c(c1)C(=O)N(CCCC(=O)NNC(=O)c1ccc3ccccc3n1)C2=O. The standard InChI is InChI=1S/C23H20N4O4/c1-14-8-10-16-17(13-14)23(31)27(22(16)30)12-4-7-20(28)25-26-21(29)19-11-9-15-5-2-3-6-18(15)24-19/h2-3,5-6,8-11,13H,4,7,12H2,1H3,(H,25,28)(H,26,29). The van der Waals surface area contributed by atoms with E-state index in [1.54, 1.807) is 36.4 Å². The number of amides is 4. The predicted molar refractivity (Wildman–Crippen MR) is 113 cm³/mol. The Labute approximate surface area is 178 Å². The Morgan fingerprint density at radius 1 is 0.935 bits per heavy atom. The Bertz CT molecular complexity index is 1220. The normalized spacial score (nSPS) is 12.7. The van der Waals surface area contributed by atoms with Crippen LogP contribution >= 0.6 is 0 Å². The lowest BCUT2D eigenvalue weighted by atomic mass is 10.1. The van der Waals surface area contributed by atoms with Crippen LogP contribution in [0.25, 0.3) is 10.9 Å². The number of imide groups is 1. The van der Waals surface area contributed by atoms with Crippen molar-refractivity contribution in [3.8, 4) is 0 Å². The maximum atomic E-state index is 12.4. The molecule has 8 heteroatoms. The largest absolute Gasteiger partial charge is 0.288 e. The van der Waals surface area contributed by atoms with Crippen molar-refractivity contribution in [1.82, 2.24) is 20.7 Å². The Balaban J connectivity index is 1.26. The van der Waals surface area contributed by atoms with Crippen molar-refractivity contribution < 1.29 is 19.2 Å². The van der Waals surface area contributed by atoms with Gasteiger partial charge in [0.2, 0.25) is 5.91 Å². The van der Waals surface area contributed by atoms with E-state index in [0.717, 1.165) is 15.8 Å². The fourth-order valence-electron chi connectivity index (χ4n) is 3.45. The first kappa shape index (κ1) is 20.2. The van der Waals surface area contributed by atoms with E-state index in [1.165, 1.54) is 0 Å². The number of fused-ring (bicyclic) bond motifs is 2. The molecule has 1 aromatic heterocycles. The van der Waals surface area contributed by atoms with Crippen LogP contribution in [0.4, 0.5) is 0 Å². The zero-order chi connectivity index (χ0) is 22.0. The lowest BCUT2D eigenvalue weighted by Gasteiger charge is -2.13. The van der Waals surface area contributed by atoms with Crippen molar-refractivity contribution in [1.29, 1.82) is 0 Å². The number of pyridine rings is 1. The molecule has 2 heterocycles. The van der Waals surface area contributed by atoms with Gasteiger partial charge >= 0.3 is 0 Å². The molecule has 1 aliphatic rings.